The van der Waals surface area contributed by atoms with Crippen molar-refractivity contribution in [3.63, 3.8) is 0 Å². The zero-order chi connectivity index (χ0) is 18.4. The fourth-order valence-electron chi connectivity index (χ4n) is 3.20. The summed E-state index contributed by atoms with van der Waals surface area (Å²) in [5.74, 6) is -0.815. The van der Waals surface area contributed by atoms with Gasteiger partial charge in [-0.1, -0.05) is 36.4 Å². The fraction of sp³-hybridized carbons (Fsp3) is 0.333. The van der Waals surface area contributed by atoms with Crippen LogP contribution in [-0.4, -0.2) is 29.1 Å². The number of nitrogens with one attached hydrogen (secondary N) is 1. The number of carboxylic acid groups (broad SMARTS) is 1. The molecule has 3 rings (SSSR count). The molecule has 5 heteroatoms. The Balaban J connectivity index is 1.66. The Morgan fingerprint density at radius 3 is 2.50 bits per heavy atom. The molecular formula is C21H23NO4. The monoisotopic (exact) mass is 353 g/mol. The van der Waals surface area contributed by atoms with Crippen molar-refractivity contribution in [3.05, 3.63) is 65.7 Å². The van der Waals surface area contributed by atoms with Crippen LogP contribution in [0.15, 0.2) is 54.6 Å². The van der Waals surface area contributed by atoms with Crippen molar-refractivity contribution in [2.45, 2.75) is 44.2 Å². The number of ether oxygens (including phenoxy) is 1. The number of benzene rings is 2. The topological polar surface area (TPSA) is 75.6 Å². The molecule has 0 aliphatic heterocycles. The van der Waals surface area contributed by atoms with Gasteiger partial charge in [0.15, 0.2) is 0 Å². The van der Waals surface area contributed by atoms with E-state index in [1.54, 1.807) is 18.2 Å². The number of hydrogen-bond donors (Lipinski definition) is 2. The lowest BCUT2D eigenvalue weighted by molar-refractivity contribution is -0.139. The molecule has 0 radical (unpaired) electrons. The Bertz CT molecular complexity index is 754. The summed E-state index contributed by atoms with van der Waals surface area (Å²) in [5.41, 5.74) is 1.26. The fourth-order valence-corrected chi connectivity index (χ4v) is 3.20. The third-order valence-corrected chi connectivity index (χ3v) is 4.59. The second kappa shape index (κ2) is 8.52. The smallest absolute Gasteiger partial charge is 0.326 e. The quantitative estimate of drug-likeness (QED) is 0.800. The first-order chi connectivity index (χ1) is 12.6. The Morgan fingerprint density at radius 2 is 1.81 bits per heavy atom. The predicted octanol–water partition coefficient (Wildman–Crippen LogP) is 3.43. The molecule has 0 spiro atoms. The highest BCUT2D eigenvalue weighted by Crippen LogP contribution is 2.24. The molecule has 1 atom stereocenters. The summed E-state index contributed by atoms with van der Waals surface area (Å²) >= 11 is 0. The van der Waals surface area contributed by atoms with Crippen molar-refractivity contribution >= 4 is 11.9 Å². The second-order valence-electron chi connectivity index (χ2n) is 6.61. The normalized spacial score (nSPS) is 15.4. The van der Waals surface area contributed by atoms with Crippen LogP contribution in [0, 0.1) is 0 Å². The van der Waals surface area contributed by atoms with Gasteiger partial charge in [-0.2, -0.15) is 0 Å². The van der Waals surface area contributed by atoms with Crippen LogP contribution in [0.5, 0.6) is 5.75 Å². The average Bonchev–Trinajstić information content (AvgIpc) is 3.15. The number of aliphatic carboxylic acids is 1. The van der Waals surface area contributed by atoms with Crippen LogP contribution < -0.4 is 10.1 Å². The largest absolute Gasteiger partial charge is 0.490 e. The maximum absolute atomic E-state index is 12.5. The van der Waals surface area contributed by atoms with Crippen molar-refractivity contribution in [1.82, 2.24) is 5.32 Å². The van der Waals surface area contributed by atoms with Crippen LogP contribution in [0.4, 0.5) is 0 Å². The zero-order valence-corrected chi connectivity index (χ0v) is 14.6. The molecule has 0 unspecified atom stereocenters. The van der Waals surface area contributed by atoms with Crippen LogP contribution in [0.3, 0.4) is 0 Å². The van der Waals surface area contributed by atoms with E-state index in [-0.39, 0.29) is 12.5 Å². The van der Waals surface area contributed by atoms with Gasteiger partial charge in [0.2, 0.25) is 0 Å². The summed E-state index contributed by atoms with van der Waals surface area (Å²) in [6, 6.07) is 15.2. The summed E-state index contributed by atoms with van der Waals surface area (Å²) in [6.45, 7) is 0. The van der Waals surface area contributed by atoms with Crippen molar-refractivity contribution in [2.75, 3.05) is 0 Å². The van der Waals surface area contributed by atoms with Crippen molar-refractivity contribution in [2.24, 2.45) is 0 Å². The Hall–Kier alpha value is -2.82. The number of carboxylic acids is 1. The molecule has 0 saturated heterocycles. The minimum absolute atomic E-state index is 0.207. The number of amides is 1. The lowest BCUT2D eigenvalue weighted by Gasteiger charge is -2.16. The van der Waals surface area contributed by atoms with E-state index < -0.39 is 17.9 Å². The summed E-state index contributed by atoms with van der Waals surface area (Å²) in [6.07, 6.45) is 4.86. The summed E-state index contributed by atoms with van der Waals surface area (Å²) in [4.78, 5) is 24.0. The van der Waals surface area contributed by atoms with Gasteiger partial charge in [-0.15, -0.1) is 0 Å². The summed E-state index contributed by atoms with van der Waals surface area (Å²) < 4.78 is 5.92. The van der Waals surface area contributed by atoms with E-state index in [1.807, 2.05) is 36.4 Å². The number of carbonyl (C=O) groups excluding carboxylic acids is 1. The molecule has 1 fully saturated rings. The molecule has 0 aromatic heterocycles. The second-order valence-corrected chi connectivity index (χ2v) is 6.61. The van der Waals surface area contributed by atoms with Crippen LogP contribution in [-0.2, 0) is 11.2 Å². The molecule has 2 aromatic carbocycles. The number of carbonyl (C=O) groups is 2. The van der Waals surface area contributed by atoms with E-state index in [0.29, 0.717) is 11.3 Å². The minimum Gasteiger partial charge on any atom is -0.490 e. The van der Waals surface area contributed by atoms with E-state index in [4.69, 9.17) is 4.74 Å². The Kier molecular flexibility index (Phi) is 5.89. The lowest BCUT2D eigenvalue weighted by Crippen LogP contribution is -2.42. The van der Waals surface area contributed by atoms with Gasteiger partial charge in [-0.05, 0) is 49.4 Å². The Morgan fingerprint density at radius 1 is 1.08 bits per heavy atom. The van der Waals surface area contributed by atoms with Gasteiger partial charge in [-0.3, -0.25) is 4.79 Å². The SMILES string of the molecule is O=C(N[C@H](Cc1ccccc1)C(=O)O)c1cccc(OC2CCCC2)c1. The van der Waals surface area contributed by atoms with E-state index in [2.05, 4.69) is 5.32 Å². The molecular weight excluding hydrogens is 330 g/mol. The van der Waals surface area contributed by atoms with Gasteiger partial charge in [0.25, 0.3) is 5.91 Å². The molecule has 1 amide bonds. The third-order valence-electron chi connectivity index (χ3n) is 4.59. The van der Waals surface area contributed by atoms with Gasteiger partial charge < -0.3 is 15.2 Å². The van der Waals surface area contributed by atoms with Gasteiger partial charge in [0, 0.05) is 12.0 Å². The molecule has 0 bridgehead atoms. The predicted molar refractivity (Wildman–Crippen MR) is 98.4 cm³/mol. The van der Waals surface area contributed by atoms with E-state index in [0.717, 1.165) is 18.4 Å². The first-order valence-electron chi connectivity index (χ1n) is 8.96. The van der Waals surface area contributed by atoms with E-state index in [1.165, 1.54) is 12.8 Å². The molecule has 5 nitrogen and oxygen atoms in total. The molecule has 1 saturated carbocycles. The maximum atomic E-state index is 12.5. The first kappa shape index (κ1) is 18.0. The van der Waals surface area contributed by atoms with E-state index in [9.17, 15) is 14.7 Å². The summed E-state index contributed by atoms with van der Waals surface area (Å²) in [5, 5.41) is 12.0. The highest BCUT2D eigenvalue weighted by molar-refractivity contribution is 5.97. The highest BCUT2D eigenvalue weighted by atomic mass is 16.5. The standard InChI is InChI=1S/C21H23NO4/c23-20(22-19(21(24)25)13-15-7-2-1-3-8-15)16-9-6-12-18(14-16)26-17-10-4-5-11-17/h1-3,6-9,12,14,17,19H,4-5,10-11,13H2,(H,22,23)(H,24,25)/t19-/m1/s1. The molecule has 136 valence electrons. The molecule has 0 heterocycles. The first-order valence-corrected chi connectivity index (χ1v) is 8.96. The number of hydrogen-bond acceptors (Lipinski definition) is 3. The minimum atomic E-state index is -1.06. The van der Waals surface area contributed by atoms with Gasteiger partial charge >= 0.3 is 5.97 Å². The Labute approximate surface area is 153 Å². The van der Waals surface area contributed by atoms with E-state index >= 15 is 0 Å². The zero-order valence-electron chi connectivity index (χ0n) is 14.6. The molecule has 2 aromatic rings. The molecule has 1 aliphatic rings. The van der Waals surface area contributed by atoms with Gasteiger partial charge in [0.1, 0.15) is 11.8 Å². The van der Waals surface area contributed by atoms with Gasteiger partial charge in [0.05, 0.1) is 6.10 Å². The molecule has 26 heavy (non-hydrogen) atoms. The van der Waals surface area contributed by atoms with Crippen LogP contribution in [0.2, 0.25) is 0 Å². The molecule has 2 N–H and O–H groups in total. The van der Waals surface area contributed by atoms with Crippen LogP contribution in [0.1, 0.15) is 41.6 Å². The average molecular weight is 353 g/mol. The van der Waals surface area contributed by atoms with Gasteiger partial charge in [-0.25, -0.2) is 4.79 Å². The van der Waals surface area contributed by atoms with Crippen molar-refractivity contribution in [1.29, 1.82) is 0 Å². The summed E-state index contributed by atoms with van der Waals surface area (Å²) in [7, 11) is 0. The van der Waals surface area contributed by atoms with Crippen molar-refractivity contribution < 1.29 is 19.4 Å². The van der Waals surface area contributed by atoms with Crippen LogP contribution >= 0.6 is 0 Å². The lowest BCUT2D eigenvalue weighted by atomic mass is 10.1. The van der Waals surface area contributed by atoms with Crippen molar-refractivity contribution in [3.8, 4) is 5.75 Å². The maximum Gasteiger partial charge on any atom is 0.326 e. The van der Waals surface area contributed by atoms with Crippen LogP contribution in [0.25, 0.3) is 0 Å². The molecule has 1 aliphatic carbocycles. The number of rotatable bonds is 7. The highest BCUT2D eigenvalue weighted by Gasteiger charge is 2.22. The third kappa shape index (κ3) is 4.85.